The Morgan fingerprint density at radius 3 is 2.33 bits per heavy atom. The van der Waals surface area contributed by atoms with Gasteiger partial charge in [-0.15, -0.1) is 11.8 Å². The molecule has 0 aliphatic heterocycles. The van der Waals surface area contributed by atoms with Crippen molar-refractivity contribution in [1.82, 2.24) is 4.98 Å². The molecule has 1 heterocycles. The van der Waals surface area contributed by atoms with E-state index in [2.05, 4.69) is 4.98 Å². The number of aromatic carboxylic acids is 1. The molecule has 1 N–H and O–H groups in total. The van der Waals surface area contributed by atoms with Crippen LogP contribution in [0.2, 0.25) is 0 Å². The highest BCUT2D eigenvalue weighted by Gasteiger charge is 2.09. The van der Waals surface area contributed by atoms with Gasteiger partial charge >= 0.3 is 5.97 Å². The van der Waals surface area contributed by atoms with Gasteiger partial charge in [-0.1, -0.05) is 12.1 Å². The number of carbonyl (C=O) groups is 1. The van der Waals surface area contributed by atoms with Crippen molar-refractivity contribution in [3.63, 3.8) is 0 Å². The summed E-state index contributed by atoms with van der Waals surface area (Å²) in [7, 11) is 0. The van der Waals surface area contributed by atoms with Gasteiger partial charge in [-0.2, -0.15) is 0 Å². The summed E-state index contributed by atoms with van der Waals surface area (Å²) < 4.78 is 0. The number of pyridine rings is 1. The van der Waals surface area contributed by atoms with Crippen LogP contribution in [0.5, 0.6) is 0 Å². The second-order valence-corrected chi connectivity index (χ2v) is 4.74. The van der Waals surface area contributed by atoms with Crippen LogP contribution in [0.25, 0.3) is 11.3 Å². The molecule has 0 radical (unpaired) electrons. The first-order valence-electron chi connectivity index (χ1n) is 5.47. The van der Waals surface area contributed by atoms with Crippen LogP contribution in [0.1, 0.15) is 16.1 Å². The Kier molecular flexibility index (Phi) is 3.67. The molecule has 3 nitrogen and oxygen atoms in total. The van der Waals surface area contributed by atoms with Crippen molar-refractivity contribution in [2.24, 2.45) is 0 Å². The molecule has 0 saturated heterocycles. The topological polar surface area (TPSA) is 50.2 Å². The lowest BCUT2D eigenvalue weighted by molar-refractivity contribution is 0.0695. The second-order valence-electron chi connectivity index (χ2n) is 3.86. The van der Waals surface area contributed by atoms with Crippen molar-refractivity contribution in [2.75, 3.05) is 6.26 Å². The van der Waals surface area contributed by atoms with Gasteiger partial charge in [0.05, 0.1) is 17.0 Å². The summed E-state index contributed by atoms with van der Waals surface area (Å²) in [4.78, 5) is 16.4. The zero-order valence-electron chi connectivity index (χ0n) is 10.2. The van der Waals surface area contributed by atoms with Crippen LogP contribution in [0.3, 0.4) is 0 Å². The number of carboxylic acids is 1. The minimum Gasteiger partial charge on any atom is -0.478 e. The van der Waals surface area contributed by atoms with Crippen molar-refractivity contribution in [3.8, 4) is 11.3 Å². The molecular formula is C14H13NO2S. The SMILES string of the molecule is CSc1ccc(-c2ccc(C(=O)O)c(C)n2)cc1. The molecule has 1 aromatic carbocycles. The summed E-state index contributed by atoms with van der Waals surface area (Å²) in [6, 6.07) is 11.4. The third kappa shape index (κ3) is 2.54. The molecule has 0 atom stereocenters. The van der Waals surface area contributed by atoms with E-state index >= 15 is 0 Å². The molecule has 0 fully saturated rings. The normalized spacial score (nSPS) is 10.3. The number of thioether (sulfide) groups is 1. The van der Waals surface area contributed by atoms with Crippen molar-refractivity contribution < 1.29 is 9.90 Å². The van der Waals surface area contributed by atoms with E-state index in [-0.39, 0.29) is 5.56 Å². The first kappa shape index (κ1) is 12.6. The number of nitrogens with zero attached hydrogens (tertiary/aromatic N) is 1. The minimum atomic E-state index is -0.940. The van der Waals surface area contributed by atoms with Gasteiger partial charge in [0.2, 0.25) is 0 Å². The number of aryl methyl sites for hydroxylation is 1. The predicted octanol–water partition coefficient (Wildman–Crippen LogP) is 3.48. The second kappa shape index (κ2) is 5.23. The van der Waals surface area contributed by atoms with Gasteiger partial charge in [-0.25, -0.2) is 4.79 Å². The molecule has 18 heavy (non-hydrogen) atoms. The van der Waals surface area contributed by atoms with Crippen LogP contribution in [0.15, 0.2) is 41.3 Å². The molecule has 0 aliphatic rings. The van der Waals surface area contributed by atoms with Crippen molar-refractivity contribution in [3.05, 3.63) is 47.7 Å². The lowest BCUT2D eigenvalue weighted by Gasteiger charge is -2.05. The van der Waals surface area contributed by atoms with E-state index in [1.807, 2.05) is 30.5 Å². The van der Waals surface area contributed by atoms with Gasteiger partial charge in [0.25, 0.3) is 0 Å². The average Bonchev–Trinajstić information content (AvgIpc) is 2.38. The van der Waals surface area contributed by atoms with Crippen LogP contribution in [-0.4, -0.2) is 22.3 Å². The van der Waals surface area contributed by atoms with E-state index in [4.69, 9.17) is 5.11 Å². The van der Waals surface area contributed by atoms with Gasteiger partial charge in [-0.3, -0.25) is 4.98 Å². The molecule has 0 amide bonds. The molecule has 4 heteroatoms. The monoisotopic (exact) mass is 259 g/mol. The number of rotatable bonds is 3. The fourth-order valence-electron chi connectivity index (χ4n) is 1.71. The molecule has 0 spiro atoms. The molecule has 0 saturated carbocycles. The highest BCUT2D eigenvalue weighted by Crippen LogP contribution is 2.22. The lowest BCUT2D eigenvalue weighted by Crippen LogP contribution is -2.02. The number of aromatic nitrogens is 1. The first-order valence-corrected chi connectivity index (χ1v) is 6.69. The third-order valence-electron chi connectivity index (χ3n) is 2.70. The molecule has 1 aromatic heterocycles. The third-order valence-corrected chi connectivity index (χ3v) is 3.45. The van der Waals surface area contributed by atoms with E-state index in [1.54, 1.807) is 30.8 Å². The van der Waals surface area contributed by atoms with Crippen LogP contribution in [0.4, 0.5) is 0 Å². The van der Waals surface area contributed by atoms with Gasteiger partial charge in [-0.05, 0) is 37.4 Å². The largest absolute Gasteiger partial charge is 0.478 e. The van der Waals surface area contributed by atoms with Crippen molar-refractivity contribution in [1.29, 1.82) is 0 Å². The Bertz CT molecular complexity index is 579. The Balaban J connectivity index is 2.39. The predicted molar refractivity (Wildman–Crippen MR) is 73.2 cm³/mol. The summed E-state index contributed by atoms with van der Waals surface area (Å²) in [5.74, 6) is -0.940. The molecule has 0 aliphatic carbocycles. The fraction of sp³-hybridized carbons (Fsp3) is 0.143. The number of carboxylic acid groups (broad SMARTS) is 1. The summed E-state index contributed by atoms with van der Waals surface area (Å²) in [6.45, 7) is 1.71. The number of hydrogen-bond donors (Lipinski definition) is 1. The molecular weight excluding hydrogens is 246 g/mol. The first-order chi connectivity index (χ1) is 8.61. The van der Waals surface area contributed by atoms with Crippen LogP contribution in [-0.2, 0) is 0 Å². The van der Waals surface area contributed by atoms with Crippen LogP contribution in [0, 0.1) is 6.92 Å². The smallest absolute Gasteiger partial charge is 0.337 e. The summed E-state index contributed by atoms with van der Waals surface area (Å²) in [6.07, 6.45) is 2.03. The molecule has 0 bridgehead atoms. The Labute approximate surface area is 110 Å². The van der Waals surface area contributed by atoms with E-state index in [1.165, 1.54) is 4.90 Å². The Hall–Kier alpha value is -1.81. The van der Waals surface area contributed by atoms with Crippen molar-refractivity contribution in [2.45, 2.75) is 11.8 Å². The molecule has 92 valence electrons. The Morgan fingerprint density at radius 2 is 1.83 bits per heavy atom. The van der Waals surface area contributed by atoms with Gasteiger partial charge in [0, 0.05) is 10.5 Å². The maximum atomic E-state index is 10.9. The average molecular weight is 259 g/mol. The zero-order chi connectivity index (χ0) is 13.1. The number of benzene rings is 1. The highest BCUT2D eigenvalue weighted by molar-refractivity contribution is 7.98. The standard InChI is InChI=1S/C14H13NO2S/c1-9-12(14(16)17)7-8-13(15-9)10-3-5-11(18-2)6-4-10/h3-8H,1-2H3,(H,16,17). The van der Waals surface area contributed by atoms with Crippen LogP contribution < -0.4 is 0 Å². The Morgan fingerprint density at radius 1 is 1.17 bits per heavy atom. The van der Waals surface area contributed by atoms with Gasteiger partial charge in [0.1, 0.15) is 0 Å². The van der Waals surface area contributed by atoms with E-state index in [0.717, 1.165) is 11.3 Å². The van der Waals surface area contributed by atoms with Crippen molar-refractivity contribution >= 4 is 17.7 Å². The zero-order valence-corrected chi connectivity index (χ0v) is 11.0. The van der Waals surface area contributed by atoms with E-state index in [0.29, 0.717) is 5.69 Å². The highest BCUT2D eigenvalue weighted by atomic mass is 32.2. The quantitative estimate of drug-likeness (QED) is 0.857. The minimum absolute atomic E-state index is 0.250. The lowest BCUT2D eigenvalue weighted by atomic mass is 10.1. The maximum absolute atomic E-state index is 10.9. The summed E-state index contributed by atoms with van der Waals surface area (Å²) >= 11 is 1.68. The molecule has 0 unspecified atom stereocenters. The summed E-state index contributed by atoms with van der Waals surface area (Å²) in [5, 5.41) is 8.95. The maximum Gasteiger partial charge on any atom is 0.337 e. The number of hydrogen-bond acceptors (Lipinski definition) is 3. The van der Waals surface area contributed by atoms with E-state index in [9.17, 15) is 4.79 Å². The molecule has 2 rings (SSSR count). The van der Waals surface area contributed by atoms with E-state index < -0.39 is 5.97 Å². The van der Waals surface area contributed by atoms with Gasteiger partial charge in [0.15, 0.2) is 0 Å². The fourth-order valence-corrected chi connectivity index (χ4v) is 2.12. The summed E-state index contributed by atoms with van der Waals surface area (Å²) in [5.41, 5.74) is 2.58. The molecule has 2 aromatic rings. The van der Waals surface area contributed by atoms with Crippen LogP contribution >= 0.6 is 11.8 Å². The van der Waals surface area contributed by atoms with Gasteiger partial charge < -0.3 is 5.11 Å².